The van der Waals surface area contributed by atoms with Gasteiger partial charge in [0.1, 0.15) is 22.8 Å². The number of aromatic nitrogens is 2. The van der Waals surface area contributed by atoms with E-state index in [9.17, 15) is 9.59 Å². The van der Waals surface area contributed by atoms with Crippen LogP contribution in [-0.2, 0) is 9.47 Å². The van der Waals surface area contributed by atoms with Crippen molar-refractivity contribution in [2.45, 2.75) is 0 Å². The summed E-state index contributed by atoms with van der Waals surface area (Å²) in [6.45, 7) is 0. The molecule has 0 N–H and O–H groups in total. The Morgan fingerprint density at radius 3 is 2.18 bits per heavy atom. The monoisotopic (exact) mass is 496 g/mol. The van der Waals surface area contributed by atoms with Crippen molar-refractivity contribution in [1.29, 1.82) is 0 Å². The van der Waals surface area contributed by atoms with Gasteiger partial charge in [-0.05, 0) is 36.4 Å². The minimum atomic E-state index is -0.730. The van der Waals surface area contributed by atoms with Gasteiger partial charge in [-0.3, -0.25) is 0 Å². The lowest BCUT2D eigenvalue weighted by Gasteiger charge is -2.08. The molecular weight excluding hydrogens is 479 g/mol. The predicted molar refractivity (Wildman–Crippen MR) is 128 cm³/mol. The van der Waals surface area contributed by atoms with Crippen LogP contribution in [0.5, 0.6) is 11.5 Å². The third kappa shape index (κ3) is 4.62. The van der Waals surface area contributed by atoms with Crippen molar-refractivity contribution in [3.05, 3.63) is 94.1 Å². The quantitative estimate of drug-likeness (QED) is 0.295. The van der Waals surface area contributed by atoms with Gasteiger partial charge >= 0.3 is 11.9 Å². The molecule has 0 saturated heterocycles. The van der Waals surface area contributed by atoms with Gasteiger partial charge in [0.25, 0.3) is 0 Å². The summed E-state index contributed by atoms with van der Waals surface area (Å²) in [6.07, 6.45) is 0. The van der Waals surface area contributed by atoms with E-state index in [1.807, 2.05) is 6.07 Å². The molecule has 1 aromatic heterocycles. The lowest BCUT2D eigenvalue weighted by molar-refractivity contribution is 0.0549. The smallest absolute Gasteiger partial charge is 0.357 e. The molecule has 7 nitrogen and oxygen atoms in total. The van der Waals surface area contributed by atoms with Crippen molar-refractivity contribution < 1.29 is 23.8 Å². The number of para-hydroxylation sites is 1. The molecular formula is C25H18Cl2N2O5. The van der Waals surface area contributed by atoms with Gasteiger partial charge in [-0.25, -0.2) is 14.3 Å². The van der Waals surface area contributed by atoms with Gasteiger partial charge in [0.2, 0.25) is 0 Å². The summed E-state index contributed by atoms with van der Waals surface area (Å²) in [5, 5.41) is 5.35. The molecule has 0 aliphatic rings. The Kier molecular flexibility index (Phi) is 6.86. The number of esters is 2. The topological polar surface area (TPSA) is 79.7 Å². The molecule has 0 fully saturated rings. The average molecular weight is 497 g/mol. The minimum Gasteiger partial charge on any atom is -0.465 e. The predicted octanol–water partition coefficient (Wildman–Crippen LogP) is 6.21. The van der Waals surface area contributed by atoms with Gasteiger partial charge < -0.3 is 14.2 Å². The maximum atomic E-state index is 12.8. The third-order valence-corrected chi connectivity index (χ3v) is 5.63. The molecule has 0 atom stereocenters. The molecule has 4 rings (SSSR count). The summed E-state index contributed by atoms with van der Waals surface area (Å²) in [5.41, 5.74) is 1.26. The van der Waals surface area contributed by atoms with Crippen LogP contribution in [0.25, 0.3) is 16.9 Å². The average Bonchev–Trinajstić information content (AvgIpc) is 3.27. The van der Waals surface area contributed by atoms with E-state index < -0.39 is 11.9 Å². The number of carbonyl (C=O) groups is 2. The molecule has 0 radical (unpaired) electrons. The number of rotatable bonds is 6. The van der Waals surface area contributed by atoms with E-state index >= 15 is 0 Å². The van der Waals surface area contributed by atoms with Crippen molar-refractivity contribution in [3.63, 3.8) is 0 Å². The molecule has 3 aromatic carbocycles. The van der Waals surface area contributed by atoms with Crippen LogP contribution >= 0.6 is 23.2 Å². The normalized spacial score (nSPS) is 10.6. The Morgan fingerprint density at radius 2 is 1.50 bits per heavy atom. The molecule has 0 aliphatic carbocycles. The van der Waals surface area contributed by atoms with Crippen molar-refractivity contribution >= 4 is 35.1 Å². The number of benzene rings is 3. The fraction of sp³-hybridized carbons (Fsp3) is 0.0800. The maximum absolute atomic E-state index is 12.8. The first-order valence-corrected chi connectivity index (χ1v) is 10.8. The highest BCUT2D eigenvalue weighted by molar-refractivity contribution is 6.42. The Balaban J connectivity index is 1.86. The van der Waals surface area contributed by atoms with Gasteiger partial charge in [-0.2, -0.15) is 5.10 Å². The zero-order valence-electron chi connectivity index (χ0n) is 18.1. The van der Waals surface area contributed by atoms with Gasteiger partial charge in [0.05, 0.1) is 30.0 Å². The number of hydrogen-bond acceptors (Lipinski definition) is 6. The Morgan fingerprint density at radius 1 is 0.794 bits per heavy atom. The van der Waals surface area contributed by atoms with Gasteiger partial charge in [-0.1, -0.05) is 53.5 Å². The number of methoxy groups -OCH3 is 2. The Bertz CT molecular complexity index is 1370. The molecule has 34 heavy (non-hydrogen) atoms. The molecule has 4 aromatic rings. The van der Waals surface area contributed by atoms with Crippen molar-refractivity contribution in [2.24, 2.45) is 0 Å². The van der Waals surface area contributed by atoms with Crippen LogP contribution in [0.1, 0.15) is 20.8 Å². The zero-order chi connectivity index (χ0) is 24.2. The summed E-state index contributed by atoms with van der Waals surface area (Å²) in [6, 6.07) is 20.7. The Labute approximate surface area is 205 Å². The molecule has 0 spiro atoms. The SMILES string of the molecule is COC(=O)c1c(-c2cccc(Oc3ccc(Cl)c(Cl)c3)c2)nn(-c2ccccc2)c1C(=O)OC. The van der Waals surface area contributed by atoms with Crippen LogP contribution in [0.4, 0.5) is 0 Å². The second-order valence-electron chi connectivity index (χ2n) is 7.01. The van der Waals surface area contributed by atoms with Crippen molar-refractivity contribution in [1.82, 2.24) is 9.78 Å². The molecule has 0 saturated carbocycles. The number of halogens is 2. The molecule has 0 aliphatic heterocycles. The fourth-order valence-corrected chi connectivity index (χ4v) is 3.63. The summed E-state index contributed by atoms with van der Waals surface area (Å²) < 4.78 is 17.2. The van der Waals surface area contributed by atoms with E-state index in [-0.39, 0.29) is 17.0 Å². The van der Waals surface area contributed by atoms with E-state index in [0.717, 1.165) is 0 Å². The van der Waals surface area contributed by atoms with E-state index in [4.69, 9.17) is 37.4 Å². The minimum absolute atomic E-state index is 0.0232. The number of nitrogens with zero attached hydrogens (tertiary/aromatic N) is 2. The summed E-state index contributed by atoms with van der Waals surface area (Å²) in [7, 11) is 2.47. The first kappa shape index (κ1) is 23.4. The number of hydrogen-bond donors (Lipinski definition) is 0. The van der Waals surface area contributed by atoms with Crippen LogP contribution in [0.2, 0.25) is 10.0 Å². The number of ether oxygens (including phenoxy) is 3. The molecule has 0 bridgehead atoms. The molecule has 172 valence electrons. The maximum Gasteiger partial charge on any atom is 0.357 e. The highest BCUT2D eigenvalue weighted by Crippen LogP contribution is 2.34. The summed E-state index contributed by atoms with van der Waals surface area (Å²) in [4.78, 5) is 25.5. The van der Waals surface area contributed by atoms with Crippen molar-refractivity contribution in [2.75, 3.05) is 14.2 Å². The largest absolute Gasteiger partial charge is 0.465 e. The van der Waals surface area contributed by atoms with Crippen LogP contribution < -0.4 is 4.74 Å². The molecule has 0 amide bonds. The Hall–Kier alpha value is -3.81. The highest BCUT2D eigenvalue weighted by Gasteiger charge is 2.31. The van der Waals surface area contributed by atoms with E-state index in [2.05, 4.69) is 5.10 Å². The van der Waals surface area contributed by atoms with Gasteiger partial charge in [0.15, 0.2) is 5.69 Å². The summed E-state index contributed by atoms with van der Waals surface area (Å²) >= 11 is 12.1. The van der Waals surface area contributed by atoms with Crippen LogP contribution in [0.3, 0.4) is 0 Å². The van der Waals surface area contributed by atoms with Crippen LogP contribution in [0.15, 0.2) is 72.8 Å². The summed E-state index contributed by atoms with van der Waals surface area (Å²) in [5.74, 6) is -0.523. The third-order valence-electron chi connectivity index (χ3n) is 4.89. The lowest BCUT2D eigenvalue weighted by atomic mass is 10.1. The standard InChI is InChI=1S/C25H18Cl2N2O5/c1-32-24(30)21-22(28-29(23(21)25(31)33-2)16-8-4-3-5-9-16)15-7-6-10-17(13-15)34-18-11-12-19(26)20(27)14-18/h3-14H,1-2H3. The molecule has 9 heteroatoms. The van der Waals surface area contributed by atoms with Gasteiger partial charge in [0, 0.05) is 11.6 Å². The van der Waals surface area contributed by atoms with Crippen LogP contribution in [-0.4, -0.2) is 35.9 Å². The second kappa shape index (κ2) is 9.99. The van der Waals surface area contributed by atoms with Crippen molar-refractivity contribution in [3.8, 4) is 28.4 Å². The van der Waals surface area contributed by atoms with Crippen LogP contribution in [0, 0.1) is 0 Å². The second-order valence-corrected chi connectivity index (χ2v) is 7.82. The van der Waals surface area contributed by atoms with E-state index in [1.165, 1.54) is 18.9 Å². The first-order valence-electron chi connectivity index (χ1n) is 10.0. The van der Waals surface area contributed by atoms with E-state index in [0.29, 0.717) is 32.8 Å². The highest BCUT2D eigenvalue weighted by atomic mass is 35.5. The van der Waals surface area contributed by atoms with E-state index in [1.54, 1.807) is 66.7 Å². The molecule has 1 heterocycles. The lowest BCUT2D eigenvalue weighted by Crippen LogP contribution is -2.15. The first-order chi connectivity index (χ1) is 16.4. The number of carbonyl (C=O) groups excluding carboxylic acids is 2. The fourth-order valence-electron chi connectivity index (χ4n) is 3.34. The molecule has 0 unspecified atom stereocenters. The van der Waals surface area contributed by atoms with Gasteiger partial charge in [-0.15, -0.1) is 0 Å². The zero-order valence-corrected chi connectivity index (χ0v) is 19.6.